The number of methoxy groups -OCH3 is 1. The fourth-order valence-corrected chi connectivity index (χ4v) is 1.91. The Hall–Kier alpha value is -0.740. The number of carboxylic acids is 1. The van der Waals surface area contributed by atoms with Gasteiger partial charge in [-0.1, -0.05) is 11.6 Å². The Balaban J connectivity index is 3.28. The lowest BCUT2D eigenvalue weighted by Crippen LogP contribution is -1.97. The first-order valence-corrected chi connectivity index (χ1v) is 4.49. The van der Waals surface area contributed by atoms with Crippen molar-refractivity contribution in [2.24, 2.45) is 0 Å². The highest BCUT2D eigenvalue weighted by Crippen LogP contribution is 2.33. The van der Waals surface area contributed by atoms with E-state index in [2.05, 4.69) is 15.9 Å². The lowest BCUT2D eigenvalue weighted by atomic mass is 10.2. The number of benzene rings is 1. The van der Waals surface area contributed by atoms with Crippen molar-refractivity contribution in [1.29, 1.82) is 0 Å². The summed E-state index contributed by atoms with van der Waals surface area (Å²) in [6.45, 7) is 0. The summed E-state index contributed by atoms with van der Waals surface area (Å²) in [7, 11) is 1.46. The minimum Gasteiger partial charge on any atom is -0.494 e. The molecular weight excluding hydrogens is 259 g/mol. The molecule has 0 amide bonds. The molecule has 0 bridgehead atoms. The van der Waals surface area contributed by atoms with Crippen molar-refractivity contribution in [3.8, 4) is 5.75 Å². The maximum absolute atomic E-state index is 10.6. The molecule has 5 heteroatoms. The van der Waals surface area contributed by atoms with Crippen LogP contribution in [0.1, 0.15) is 10.4 Å². The molecule has 0 radical (unpaired) electrons. The van der Waals surface area contributed by atoms with E-state index in [1.807, 2.05) is 0 Å². The van der Waals surface area contributed by atoms with Crippen LogP contribution in [0.2, 0.25) is 5.02 Å². The summed E-state index contributed by atoms with van der Waals surface area (Å²) in [6.07, 6.45) is 0. The van der Waals surface area contributed by atoms with Gasteiger partial charge in [-0.15, -0.1) is 0 Å². The summed E-state index contributed by atoms with van der Waals surface area (Å²) in [5.41, 5.74) is 0.123. The topological polar surface area (TPSA) is 46.5 Å². The van der Waals surface area contributed by atoms with Gasteiger partial charge >= 0.3 is 5.97 Å². The molecule has 0 saturated heterocycles. The normalized spacial score (nSPS) is 9.77. The zero-order valence-corrected chi connectivity index (χ0v) is 9.02. The molecule has 3 nitrogen and oxygen atoms in total. The van der Waals surface area contributed by atoms with Crippen LogP contribution >= 0.6 is 27.5 Å². The number of aromatic carboxylic acids is 1. The van der Waals surface area contributed by atoms with E-state index in [0.29, 0.717) is 10.2 Å². The average Bonchev–Trinajstić information content (AvgIpc) is 2.03. The van der Waals surface area contributed by atoms with Crippen LogP contribution < -0.4 is 4.74 Å². The van der Waals surface area contributed by atoms with E-state index in [4.69, 9.17) is 21.4 Å². The Morgan fingerprint density at radius 2 is 2.23 bits per heavy atom. The van der Waals surface area contributed by atoms with Crippen molar-refractivity contribution >= 4 is 33.5 Å². The standard InChI is InChI=1S/C8H6BrClO3/c1-13-7-5(9)2-4(8(11)12)3-6(7)10/h2-3H,1H3,(H,11,12). The van der Waals surface area contributed by atoms with Gasteiger partial charge in [-0.2, -0.15) is 0 Å². The van der Waals surface area contributed by atoms with Crippen molar-refractivity contribution < 1.29 is 14.6 Å². The molecule has 1 N–H and O–H groups in total. The number of ether oxygens (including phenoxy) is 1. The second-order valence-corrected chi connectivity index (χ2v) is 3.54. The van der Waals surface area contributed by atoms with Crippen LogP contribution in [0, 0.1) is 0 Å². The van der Waals surface area contributed by atoms with Gasteiger partial charge < -0.3 is 9.84 Å². The molecule has 1 aromatic carbocycles. The van der Waals surface area contributed by atoms with E-state index >= 15 is 0 Å². The number of carboxylic acid groups (broad SMARTS) is 1. The molecule has 0 fully saturated rings. The van der Waals surface area contributed by atoms with Crippen molar-refractivity contribution in [2.45, 2.75) is 0 Å². The van der Waals surface area contributed by atoms with Crippen LogP contribution in [-0.2, 0) is 0 Å². The molecule has 13 heavy (non-hydrogen) atoms. The SMILES string of the molecule is COc1c(Cl)cc(C(=O)O)cc1Br. The summed E-state index contributed by atoms with van der Waals surface area (Å²) in [6, 6.07) is 2.78. The minimum atomic E-state index is -1.02. The summed E-state index contributed by atoms with van der Waals surface area (Å²) < 4.78 is 5.47. The summed E-state index contributed by atoms with van der Waals surface area (Å²) >= 11 is 8.91. The zero-order valence-electron chi connectivity index (χ0n) is 6.67. The van der Waals surface area contributed by atoms with Gasteiger partial charge in [0.2, 0.25) is 0 Å². The molecule has 0 unspecified atom stereocenters. The van der Waals surface area contributed by atoms with Crippen molar-refractivity contribution in [2.75, 3.05) is 7.11 Å². The van der Waals surface area contributed by atoms with E-state index in [9.17, 15) is 4.79 Å². The highest BCUT2D eigenvalue weighted by molar-refractivity contribution is 9.10. The quantitative estimate of drug-likeness (QED) is 0.894. The molecular formula is C8H6BrClO3. The Bertz CT molecular complexity index is 328. The molecule has 0 aromatic heterocycles. The number of rotatable bonds is 2. The molecule has 0 heterocycles. The van der Waals surface area contributed by atoms with Crippen LogP contribution in [0.4, 0.5) is 0 Å². The van der Waals surface area contributed by atoms with Crippen LogP contribution in [0.15, 0.2) is 16.6 Å². The molecule has 0 aliphatic rings. The molecule has 0 aliphatic carbocycles. The molecule has 0 saturated carbocycles. The third-order valence-electron chi connectivity index (χ3n) is 1.45. The lowest BCUT2D eigenvalue weighted by molar-refractivity contribution is 0.0697. The maximum Gasteiger partial charge on any atom is 0.335 e. The van der Waals surface area contributed by atoms with Gasteiger partial charge in [-0.05, 0) is 28.1 Å². The third-order valence-corrected chi connectivity index (χ3v) is 2.32. The first-order valence-electron chi connectivity index (χ1n) is 3.32. The maximum atomic E-state index is 10.6. The van der Waals surface area contributed by atoms with E-state index in [1.165, 1.54) is 19.2 Å². The van der Waals surface area contributed by atoms with Crippen molar-refractivity contribution in [1.82, 2.24) is 0 Å². The molecule has 1 rings (SSSR count). The fourth-order valence-electron chi connectivity index (χ4n) is 0.878. The monoisotopic (exact) mass is 264 g/mol. The van der Waals surface area contributed by atoms with Gasteiger partial charge in [0.05, 0.1) is 22.2 Å². The smallest absolute Gasteiger partial charge is 0.335 e. The molecule has 1 aromatic rings. The zero-order chi connectivity index (χ0) is 10.0. The molecule has 0 atom stereocenters. The largest absolute Gasteiger partial charge is 0.494 e. The summed E-state index contributed by atoms with van der Waals surface area (Å²) in [5.74, 6) is -0.586. The van der Waals surface area contributed by atoms with Gasteiger partial charge in [0, 0.05) is 0 Å². The van der Waals surface area contributed by atoms with Crippen LogP contribution in [0.3, 0.4) is 0 Å². The second-order valence-electron chi connectivity index (χ2n) is 2.28. The Kier molecular flexibility index (Phi) is 3.17. The van der Waals surface area contributed by atoms with Gasteiger partial charge in [0.1, 0.15) is 0 Å². The molecule has 70 valence electrons. The van der Waals surface area contributed by atoms with Gasteiger partial charge in [-0.25, -0.2) is 4.79 Å². The minimum absolute atomic E-state index is 0.123. The number of carbonyl (C=O) groups is 1. The Labute approximate surface area is 88.4 Å². The Morgan fingerprint density at radius 1 is 1.62 bits per heavy atom. The predicted octanol–water partition coefficient (Wildman–Crippen LogP) is 2.81. The highest BCUT2D eigenvalue weighted by Gasteiger charge is 2.11. The van der Waals surface area contributed by atoms with Crippen LogP contribution in [0.25, 0.3) is 0 Å². The van der Waals surface area contributed by atoms with Crippen molar-refractivity contribution in [3.05, 3.63) is 27.2 Å². The van der Waals surface area contributed by atoms with Gasteiger partial charge in [0.25, 0.3) is 0 Å². The predicted molar refractivity (Wildman–Crippen MR) is 52.7 cm³/mol. The highest BCUT2D eigenvalue weighted by atomic mass is 79.9. The first kappa shape index (κ1) is 10.3. The number of hydrogen-bond acceptors (Lipinski definition) is 2. The average molecular weight is 265 g/mol. The van der Waals surface area contributed by atoms with E-state index in [0.717, 1.165) is 0 Å². The van der Waals surface area contributed by atoms with E-state index in [-0.39, 0.29) is 10.6 Å². The van der Waals surface area contributed by atoms with Crippen LogP contribution in [-0.4, -0.2) is 18.2 Å². The van der Waals surface area contributed by atoms with E-state index < -0.39 is 5.97 Å². The van der Waals surface area contributed by atoms with Gasteiger partial charge in [0.15, 0.2) is 5.75 Å². The number of halogens is 2. The second kappa shape index (κ2) is 3.98. The first-order chi connectivity index (χ1) is 6.06. The molecule has 0 spiro atoms. The Morgan fingerprint density at radius 3 is 2.62 bits per heavy atom. The van der Waals surface area contributed by atoms with Crippen LogP contribution in [0.5, 0.6) is 5.75 Å². The summed E-state index contributed by atoms with van der Waals surface area (Å²) in [4.78, 5) is 10.6. The fraction of sp³-hybridized carbons (Fsp3) is 0.125. The molecule has 0 aliphatic heterocycles. The number of hydrogen-bond donors (Lipinski definition) is 1. The lowest BCUT2D eigenvalue weighted by Gasteiger charge is -2.06. The van der Waals surface area contributed by atoms with E-state index in [1.54, 1.807) is 0 Å². The third kappa shape index (κ3) is 2.14. The van der Waals surface area contributed by atoms with Crippen molar-refractivity contribution in [3.63, 3.8) is 0 Å². The summed E-state index contributed by atoms with van der Waals surface area (Å²) in [5, 5.41) is 8.95. The van der Waals surface area contributed by atoms with Gasteiger partial charge in [-0.3, -0.25) is 0 Å².